The third-order valence-electron chi connectivity index (χ3n) is 10.3. The van der Waals surface area contributed by atoms with Gasteiger partial charge < -0.3 is 8.98 Å². The zero-order valence-electron chi connectivity index (χ0n) is 36.7. The van der Waals surface area contributed by atoms with Crippen molar-refractivity contribution < 1.29 is 16.8 Å². The van der Waals surface area contributed by atoms with Gasteiger partial charge in [0.25, 0.3) is 0 Å². The molecule has 0 unspecified atom stereocenters. The van der Waals surface area contributed by atoms with Crippen LogP contribution in [0.4, 0.5) is 0 Å². The highest BCUT2D eigenvalue weighted by molar-refractivity contribution is 6.21. The molecule has 8 aromatic carbocycles. The second-order valence-corrected chi connectivity index (χ2v) is 13.1. The lowest BCUT2D eigenvalue weighted by Crippen LogP contribution is -2.03. The zero-order chi connectivity index (χ0) is 42.5. The average Bonchev–Trinajstić information content (AvgIpc) is 3.95. The molecule has 5 nitrogen and oxygen atoms in total. The lowest BCUT2D eigenvalue weighted by molar-refractivity contribution is 0.673. The van der Waals surface area contributed by atoms with E-state index in [-0.39, 0.29) is 56.0 Å². The van der Waals surface area contributed by atoms with Crippen molar-refractivity contribution in [1.82, 2.24) is 19.1 Å². The minimum Gasteiger partial charge on any atom is -0.455 e. The average molecular weight is 686 g/mol. The maximum Gasteiger partial charge on any atom is 0.235 e. The largest absolute Gasteiger partial charge is 0.455 e. The van der Waals surface area contributed by atoms with Crippen LogP contribution in [-0.2, 0) is 0 Å². The number of para-hydroxylation sites is 4. The van der Waals surface area contributed by atoms with E-state index in [4.69, 9.17) is 24.0 Å². The van der Waals surface area contributed by atoms with E-state index in [0.29, 0.717) is 10.9 Å². The van der Waals surface area contributed by atoms with Crippen molar-refractivity contribution in [1.29, 1.82) is 0 Å². The summed E-state index contributed by atoms with van der Waals surface area (Å²) in [6.45, 7) is 0. The van der Waals surface area contributed by atoms with Crippen LogP contribution in [0.15, 0.2) is 174 Å². The lowest BCUT2D eigenvalue weighted by atomic mass is 9.99. The van der Waals surface area contributed by atoms with Crippen LogP contribution in [0, 0.1) is 0 Å². The van der Waals surface area contributed by atoms with Gasteiger partial charge in [0.15, 0.2) is 0 Å². The molecule has 0 aliphatic heterocycles. The molecule has 0 saturated heterocycles. The van der Waals surface area contributed by atoms with E-state index in [0.717, 1.165) is 49.3 Å². The Bertz CT molecular complexity index is 3990. The molecule has 4 heterocycles. The number of benzene rings is 8. The van der Waals surface area contributed by atoms with Gasteiger partial charge in [-0.05, 0) is 59.9 Å². The van der Waals surface area contributed by atoms with E-state index >= 15 is 0 Å². The van der Waals surface area contributed by atoms with Crippen LogP contribution < -0.4 is 0 Å². The molecule has 0 amide bonds. The Labute approximate surface area is 315 Å². The Kier molecular flexibility index (Phi) is 4.26. The predicted octanol–water partition coefficient (Wildman–Crippen LogP) is 12.5. The molecule has 53 heavy (non-hydrogen) atoms. The van der Waals surface area contributed by atoms with Crippen LogP contribution in [0.2, 0.25) is 0 Å². The lowest BCUT2D eigenvalue weighted by Gasteiger charge is -2.13. The molecule has 12 aromatic rings. The van der Waals surface area contributed by atoms with Crippen LogP contribution >= 0.6 is 0 Å². The molecule has 0 radical (unpaired) electrons. The molecule has 12 rings (SSSR count). The van der Waals surface area contributed by atoms with Crippen LogP contribution in [0.1, 0.15) is 12.3 Å². The molecular formula is C48H28N4O. The first-order valence-electron chi connectivity index (χ1n) is 21.7. The first-order valence-corrected chi connectivity index (χ1v) is 17.2. The van der Waals surface area contributed by atoms with Gasteiger partial charge in [0.05, 0.1) is 45.6 Å². The van der Waals surface area contributed by atoms with Gasteiger partial charge in [-0.1, -0.05) is 115 Å². The quantitative estimate of drug-likeness (QED) is 0.186. The highest BCUT2D eigenvalue weighted by Crippen LogP contribution is 2.43. The molecule has 4 aromatic heterocycles. The number of nitrogens with zero attached hydrogens (tertiary/aromatic N) is 4. The van der Waals surface area contributed by atoms with E-state index in [1.54, 1.807) is 6.07 Å². The first-order chi connectivity index (χ1) is 30.0. The van der Waals surface area contributed by atoms with Gasteiger partial charge in [0.2, 0.25) is 5.95 Å². The van der Waals surface area contributed by atoms with Gasteiger partial charge in [-0.3, -0.25) is 4.57 Å². The van der Waals surface area contributed by atoms with Crippen LogP contribution in [0.25, 0.3) is 110 Å². The summed E-state index contributed by atoms with van der Waals surface area (Å²) in [5.41, 5.74) is 5.18. The number of hydrogen-bond donors (Lipinski definition) is 0. The maximum absolute atomic E-state index is 9.48. The highest BCUT2D eigenvalue weighted by atomic mass is 16.3. The summed E-state index contributed by atoms with van der Waals surface area (Å²) < 4.78 is 90.6. The summed E-state index contributed by atoms with van der Waals surface area (Å²) in [5, 5.41) is 4.37. The normalized spacial score (nSPS) is 14.5. The van der Waals surface area contributed by atoms with Gasteiger partial charge in [-0.2, -0.15) is 0 Å². The summed E-state index contributed by atoms with van der Waals surface area (Å²) >= 11 is 0. The second kappa shape index (κ2) is 10.6. The van der Waals surface area contributed by atoms with Crippen molar-refractivity contribution >= 4 is 87.2 Å². The van der Waals surface area contributed by atoms with Gasteiger partial charge in [-0.25, -0.2) is 9.97 Å². The van der Waals surface area contributed by atoms with Crippen LogP contribution in [-0.4, -0.2) is 19.1 Å². The monoisotopic (exact) mass is 685 g/mol. The Morgan fingerprint density at radius 2 is 1.19 bits per heavy atom. The minimum atomic E-state index is -0.554. The second-order valence-electron chi connectivity index (χ2n) is 13.1. The fourth-order valence-electron chi connectivity index (χ4n) is 8.00. The smallest absolute Gasteiger partial charge is 0.235 e. The molecule has 5 heteroatoms. The molecule has 0 bridgehead atoms. The molecule has 0 spiro atoms. The summed E-state index contributed by atoms with van der Waals surface area (Å²) in [4.78, 5) is 10.4. The van der Waals surface area contributed by atoms with E-state index in [9.17, 15) is 2.74 Å². The molecule has 246 valence electrons. The Balaban J connectivity index is 1.24. The summed E-state index contributed by atoms with van der Waals surface area (Å²) in [6.07, 6.45) is 0. The van der Waals surface area contributed by atoms with E-state index in [2.05, 4.69) is 47.0 Å². The van der Waals surface area contributed by atoms with E-state index in [1.807, 2.05) is 71.3 Å². The Morgan fingerprint density at radius 3 is 2.02 bits per heavy atom. The van der Waals surface area contributed by atoms with E-state index in [1.165, 1.54) is 0 Å². The molecular weight excluding hydrogens is 649 g/mol. The molecule has 0 fully saturated rings. The summed E-state index contributed by atoms with van der Waals surface area (Å²) in [7, 11) is 0. The minimum absolute atomic E-state index is 0.0169. The molecule has 0 aliphatic rings. The third kappa shape index (κ3) is 3.96. The first kappa shape index (κ1) is 21.2. The van der Waals surface area contributed by atoms with Crippen molar-refractivity contribution in [2.45, 2.75) is 0 Å². The standard InChI is InChI=1S/C48H28N4O/c1-2-14-30(15-3-1)51-40-22-10-7-17-32(40)37-27-38-33-18-8-11-23-41(33)52(43(38)28-42(37)51)48-49-39-21-9-6-19-34(39)46(50-48)35-20-12-24-44-45(35)36-26-25-29-13-4-5-16-31(29)47(36)53-44/h1-28H/i4D,5D,12D,13D,16D,20D,24D,25D,26D. The van der Waals surface area contributed by atoms with Gasteiger partial charge >= 0.3 is 0 Å². The fraction of sp³-hybridized carbons (Fsp3) is 0. The van der Waals surface area contributed by atoms with Crippen molar-refractivity contribution in [2.75, 3.05) is 0 Å². The van der Waals surface area contributed by atoms with Crippen molar-refractivity contribution in [3.8, 4) is 22.9 Å². The topological polar surface area (TPSA) is 48.8 Å². The number of aromatic nitrogens is 4. The number of hydrogen-bond acceptors (Lipinski definition) is 3. The predicted molar refractivity (Wildman–Crippen MR) is 218 cm³/mol. The molecule has 0 saturated carbocycles. The van der Waals surface area contributed by atoms with Gasteiger partial charge in [0.1, 0.15) is 11.2 Å². The third-order valence-corrected chi connectivity index (χ3v) is 10.3. The fourth-order valence-corrected chi connectivity index (χ4v) is 8.00. The number of fused-ring (bicyclic) bond motifs is 12. The van der Waals surface area contributed by atoms with Crippen molar-refractivity contribution in [3.63, 3.8) is 0 Å². The van der Waals surface area contributed by atoms with Gasteiger partial charge in [-0.15, -0.1) is 0 Å². The zero-order valence-corrected chi connectivity index (χ0v) is 27.7. The van der Waals surface area contributed by atoms with Crippen LogP contribution in [0.5, 0.6) is 0 Å². The molecule has 0 aliphatic carbocycles. The molecule has 0 atom stereocenters. The highest BCUT2D eigenvalue weighted by Gasteiger charge is 2.22. The van der Waals surface area contributed by atoms with Gasteiger partial charge in [0, 0.05) is 54.3 Å². The molecule has 0 N–H and O–H groups in total. The van der Waals surface area contributed by atoms with Crippen LogP contribution in [0.3, 0.4) is 0 Å². The Hall–Kier alpha value is -7.24. The SMILES string of the molecule is [2H]c1c([2H])c(-c2nc(-n3c4ccccc4c4cc5c6ccccc6n(-c6ccccc6)c5cc43)nc3ccccc23)c2c(oc3c4c([2H])c([2H])c([2H])c([2H])c4c([2H])c([2H])c32)c1[2H]. The van der Waals surface area contributed by atoms with E-state index < -0.39 is 48.3 Å². The maximum atomic E-state index is 9.48. The Morgan fingerprint density at radius 1 is 0.491 bits per heavy atom. The summed E-state index contributed by atoms with van der Waals surface area (Å²) in [6, 6.07) is 34.0. The van der Waals surface area contributed by atoms with Crippen molar-refractivity contribution in [2.24, 2.45) is 0 Å². The number of furan rings is 1. The number of rotatable bonds is 3. The van der Waals surface area contributed by atoms with Crippen molar-refractivity contribution in [3.05, 3.63) is 170 Å². The summed E-state index contributed by atoms with van der Waals surface area (Å²) in [5.74, 6) is 0.264.